The molecule has 0 aromatic rings. The Labute approximate surface area is 109 Å². The second-order valence-corrected chi connectivity index (χ2v) is 4.99. The molecular formula is C13H22N2O3. The minimum Gasteiger partial charge on any atom is -0.444 e. The summed E-state index contributed by atoms with van der Waals surface area (Å²) in [6, 6.07) is 0. The zero-order valence-corrected chi connectivity index (χ0v) is 11.6. The quantitative estimate of drug-likeness (QED) is 0.595. The van der Waals surface area contributed by atoms with Crippen molar-refractivity contribution in [3.8, 4) is 12.3 Å². The molecule has 0 saturated carbocycles. The summed E-state index contributed by atoms with van der Waals surface area (Å²) in [6.45, 7) is 5.83. The lowest BCUT2D eigenvalue weighted by molar-refractivity contribution is -0.122. The second kappa shape index (κ2) is 7.59. The molecule has 0 aliphatic heterocycles. The van der Waals surface area contributed by atoms with Crippen molar-refractivity contribution in [2.24, 2.45) is 0 Å². The normalized spacial score (nSPS) is 10.4. The first-order valence-electron chi connectivity index (χ1n) is 5.90. The summed E-state index contributed by atoms with van der Waals surface area (Å²) < 4.78 is 5.12. The number of ether oxygens (including phenoxy) is 1. The smallest absolute Gasteiger partial charge is 0.410 e. The number of rotatable bonds is 5. The second-order valence-electron chi connectivity index (χ2n) is 4.99. The van der Waals surface area contributed by atoms with Crippen molar-refractivity contribution in [1.29, 1.82) is 0 Å². The van der Waals surface area contributed by atoms with Crippen LogP contribution < -0.4 is 5.32 Å². The molecule has 0 atom stereocenters. The van der Waals surface area contributed by atoms with E-state index in [2.05, 4.69) is 11.2 Å². The molecule has 0 saturated heterocycles. The van der Waals surface area contributed by atoms with Crippen molar-refractivity contribution in [3.05, 3.63) is 0 Å². The number of carbonyl (C=O) groups excluding carboxylic acids is 2. The highest BCUT2D eigenvalue weighted by Crippen LogP contribution is 2.08. The largest absolute Gasteiger partial charge is 0.444 e. The van der Waals surface area contributed by atoms with Gasteiger partial charge in [-0.15, -0.1) is 12.3 Å². The fourth-order valence-electron chi connectivity index (χ4n) is 1.09. The summed E-state index contributed by atoms with van der Waals surface area (Å²) in [4.78, 5) is 24.3. The van der Waals surface area contributed by atoms with Crippen LogP contribution in [0.2, 0.25) is 0 Å². The third kappa shape index (κ3) is 8.45. The minimum atomic E-state index is -0.561. The third-order valence-corrected chi connectivity index (χ3v) is 1.91. The van der Waals surface area contributed by atoms with Gasteiger partial charge in [-0.1, -0.05) is 0 Å². The van der Waals surface area contributed by atoms with E-state index in [1.807, 2.05) is 0 Å². The van der Waals surface area contributed by atoms with Gasteiger partial charge in [0.1, 0.15) is 12.1 Å². The number of likely N-dealkylation sites (N-methyl/N-ethyl adjacent to an activating group) is 1. The Balaban J connectivity index is 3.93. The highest BCUT2D eigenvalue weighted by molar-refractivity contribution is 5.82. The van der Waals surface area contributed by atoms with Gasteiger partial charge in [0.2, 0.25) is 5.91 Å². The summed E-state index contributed by atoms with van der Waals surface area (Å²) in [6.07, 6.45) is 5.94. The predicted octanol–water partition coefficient (Wildman–Crippen LogP) is 1.38. The SMILES string of the molecule is C#CCCCNC(=O)CN(C)C(=O)OC(C)(C)C. The molecule has 0 heterocycles. The van der Waals surface area contributed by atoms with Gasteiger partial charge in [0.25, 0.3) is 0 Å². The van der Waals surface area contributed by atoms with E-state index in [9.17, 15) is 9.59 Å². The molecule has 0 bridgehead atoms. The minimum absolute atomic E-state index is 0.0229. The van der Waals surface area contributed by atoms with E-state index in [-0.39, 0.29) is 12.5 Å². The van der Waals surface area contributed by atoms with Gasteiger partial charge in [0, 0.05) is 20.0 Å². The number of nitrogens with one attached hydrogen (secondary N) is 1. The topological polar surface area (TPSA) is 58.6 Å². The molecule has 18 heavy (non-hydrogen) atoms. The van der Waals surface area contributed by atoms with Crippen molar-refractivity contribution in [2.45, 2.75) is 39.2 Å². The van der Waals surface area contributed by atoms with Crippen LogP contribution in [-0.4, -0.2) is 42.6 Å². The molecule has 0 radical (unpaired) electrons. The summed E-state index contributed by atoms with van der Waals surface area (Å²) >= 11 is 0. The molecular weight excluding hydrogens is 232 g/mol. The molecule has 1 N–H and O–H groups in total. The van der Waals surface area contributed by atoms with Crippen LogP contribution in [0.5, 0.6) is 0 Å². The Hall–Kier alpha value is -1.70. The Kier molecular flexibility index (Phi) is 6.88. The van der Waals surface area contributed by atoms with Crippen LogP contribution in [0.15, 0.2) is 0 Å². The van der Waals surface area contributed by atoms with Gasteiger partial charge in [0.15, 0.2) is 0 Å². The van der Waals surface area contributed by atoms with Gasteiger partial charge in [-0.05, 0) is 27.2 Å². The predicted molar refractivity (Wildman–Crippen MR) is 69.9 cm³/mol. The highest BCUT2D eigenvalue weighted by Gasteiger charge is 2.20. The van der Waals surface area contributed by atoms with Gasteiger partial charge in [-0.2, -0.15) is 0 Å². The van der Waals surface area contributed by atoms with Crippen molar-refractivity contribution < 1.29 is 14.3 Å². The maximum absolute atomic E-state index is 11.6. The Morgan fingerprint density at radius 1 is 1.39 bits per heavy atom. The molecule has 2 amide bonds. The van der Waals surface area contributed by atoms with Crippen molar-refractivity contribution in [2.75, 3.05) is 20.1 Å². The van der Waals surface area contributed by atoms with Crippen LogP contribution in [0.3, 0.4) is 0 Å². The molecule has 5 nitrogen and oxygen atoms in total. The van der Waals surface area contributed by atoms with Gasteiger partial charge in [0.05, 0.1) is 0 Å². The maximum Gasteiger partial charge on any atom is 0.410 e. The first-order chi connectivity index (χ1) is 8.26. The van der Waals surface area contributed by atoms with E-state index < -0.39 is 11.7 Å². The summed E-state index contributed by atoms with van der Waals surface area (Å²) in [5.41, 5.74) is -0.561. The summed E-state index contributed by atoms with van der Waals surface area (Å²) in [5, 5.41) is 2.68. The van der Waals surface area contributed by atoms with Crippen molar-refractivity contribution in [1.82, 2.24) is 10.2 Å². The van der Waals surface area contributed by atoms with E-state index in [1.54, 1.807) is 20.8 Å². The van der Waals surface area contributed by atoms with E-state index in [1.165, 1.54) is 11.9 Å². The molecule has 102 valence electrons. The number of terminal acetylenes is 1. The van der Waals surface area contributed by atoms with E-state index in [4.69, 9.17) is 11.2 Å². The van der Waals surface area contributed by atoms with Gasteiger partial charge >= 0.3 is 6.09 Å². The number of amides is 2. The number of carbonyl (C=O) groups is 2. The van der Waals surface area contributed by atoms with E-state index >= 15 is 0 Å². The van der Waals surface area contributed by atoms with Crippen molar-refractivity contribution in [3.63, 3.8) is 0 Å². The van der Waals surface area contributed by atoms with Gasteiger partial charge in [-0.25, -0.2) is 4.79 Å². The lowest BCUT2D eigenvalue weighted by Gasteiger charge is -2.24. The fourth-order valence-corrected chi connectivity index (χ4v) is 1.09. The monoisotopic (exact) mass is 254 g/mol. The average Bonchev–Trinajstić information content (AvgIpc) is 2.22. The summed E-state index contributed by atoms with van der Waals surface area (Å²) in [7, 11) is 1.52. The molecule has 0 spiro atoms. The molecule has 0 rings (SSSR count). The lowest BCUT2D eigenvalue weighted by Crippen LogP contribution is -2.41. The Morgan fingerprint density at radius 2 is 2.00 bits per heavy atom. The Morgan fingerprint density at radius 3 is 2.50 bits per heavy atom. The number of unbranched alkanes of at least 4 members (excludes halogenated alkanes) is 1. The number of hydrogen-bond acceptors (Lipinski definition) is 3. The highest BCUT2D eigenvalue weighted by atomic mass is 16.6. The van der Waals surface area contributed by atoms with Gasteiger partial charge in [-0.3, -0.25) is 4.79 Å². The average molecular weight is 254 g/mol. The zero-order chi connectivity index (χ0) is 14.2. The molecule has 5 heteroatoms. The van der Waals surface area contributed by atoms with Crippen LogP contribution in [0.1, 0.15) is 33.6 Å². The zero-order valence-electron chi connectivity index (χ0n) is 11.6. The summed E-state index contributed by atoms with van der Waals surface area (Å²) in [5.74, 6) is 2.27. The lowest BCUT2D eigenvalue weighted by atomic mass is 10.2. The van der Waals surface area contributed by atoms with Crippen molar-refractivity contribution >= 4 is 12.0 Å². The van der Waals surface area contributed by atoms with Crippen LogP contribution in [0.4, 0.5) is 4.79 Å². The van der Waals surface area contributed by atoms with Crippen LogP contribution in [-0.2, 0) is 9.53 Å². The first kappa shape index (κ1) is 16.3. The third-order valence-electron chi connectivity index (χ3n) is 1.91. The molecule has 0 aliphatic rings. The fraction of sp³-hybridized carbons (Fsp3) is 0.692. The van der Waals surface area contributed by atoms with Crippen LogP contribution in [0.25, 0.3) is 0 Å². The standard InChI is InChI=1S/C13H22N2O3/c1-6-7-8-9-14-11(16)10-15(5)12(17)18-13(2,3)4/h1H,7-10H2,2-5H3,(H,14,16). The van der Waals surface area contributed by atoms with Crippen LogP contribution >= 0.6 is 0 Å². The molecule has 0 aromatic carbocycles. The van der Waals surface area contributed by atoms with E-state index in [0.717, 1.165) is 6.42 Å². The number of hydrogen-bond donors (Lipinski definition) is 1. The Bertz CT molecular complexity index is 326. The maximum atomic E-state index is 11.6. The molecule has 0 aromatic heterocycles. The van der Waals surface area contributed by atoms with Gasteiger partial charge < -0.3 is 15.0 Å². The number of nitrogens with zero attached hydrogens (tertiary/aromatic N) is 1. The molecule has 0 fully saturated rings. The van der Waals surface area contributed by atoms with E-state index in [0.29, 0.717) is 13.0 Å². The molecule has 0 unspecified atom stereocenters. The first-order valence-corrected chi connectivity index (χ1v) is 5.90. The molecule has 0 aliphatic carbocycles. The van der Waals surface area contributed by atoms with Crippen LogP contribution in [0, 0.1) is 12.3 Å².